The van der Waals surface area contributed by atoms with E-state index in [0.29, 0.717) is 22.9 Å². The molecule has 29 heavy (non-hydrogen) atoms. The van der Waals surface area contributed by atoms with E-state index in [-0.39, 0.29) is 30.7 Å². The van der Waals surface area contributed by atoms with Crippen LogP contribution in [0.4, 0.5) is 5.13 Å². The summed E-state index contributed by atoms with van der Waals surface area (Å²) in [5.74, 6) is -0.268. The monoisotopic (exact) mass is 409 g/mol. The van der Waals surface area contributed by atoms with Gasteiger partial charge >= 0.3 is 0 Å². The van der Waals surface area contributed by atoms with Crippen molar-refractivity contribution in [3.8, 4) is 5.75 Å². The molecule has 1 aliphatic heterocycles. The Morgan fingerprint density at radius 2 is 1.93 bits per heavy atom. The number of benzene rings is 2. The minimum Gasteiger partial charge on any atom is -0.494 e. The molecule has 7 nitrogen and oxygen atoms in total. The van der Waals surface area contributed by atoms with Crippen molar-refractivity contribution >= 4 is 44.4 Å². The van der Waals surface area contributed by atoms with Crippen LogP contribution < -0.4 is 10.1 Å². The number of nitrogens with one attached hydrogen (secondary N) is 1. The first-order valence-corrected chi connectivity index (χ1v) is 10.1. The molecule has 0 bridgehead atoms. The highest BCUT2D eigenvalue weighted by atomic mass is 32.1. The van der Waals surface area contributed by atoms with E-state index in [1.165, 1.54) is 11.3 Å². The molecule has 1 aromatic heterocycles. The van der Waals surface area contributed by atoms with Gasteiger partial charge in [-0.25, -0.2) is 4.98 Å². The maximum atomic E-state index is 12.5. The number of imide groups is 1. The summed E-state index contributed by atoms with van der Waals surface area (Å²) >= 11 is 1.35. The second-order valence-electron chi connectivity index (χ2n) is 6.69. The van der Waals surface area contributed by atoms with Gasteiger partial charge in [-0.1, -0.05) is 23.0 Å². The Balaban J connectivity index is 1.40. The maximum absolute atomic E-state index is 12.5. The molecule has 2 aromatic carbocycles. The number of hydrogen-bond acceptors (Lipinski definition) is 6. The number of thiazole rings is 1. The molecule has 3 amide bonds. The molecule has 0 radical (unpaired) electrons. The molecule has 8 heteroatoms. The topological polar surface area (TPSA) is 88.6 Å². The Kier molecular flexibility index (Phi) is 5.02. The average molecular weight is 409 g/mol. The van der Waals surface area contributed by atoms with E-state index in [4.69, 9.17) is 4.74 Å². The highest BCUT2D eigenvalue weighted by molar-refractivity contribution is 7.22. The standard InChI is InChI=1S/C21H19N3O4S/c1-3-28-13-5-7-16-17(11-13)29-21(22-16)23-18(25)8-9-24-19(26)14-6-4-12(2)10-15(14)20(24)27/h4-7,10-11H,3,8-9H2,1-2H3,(H,22,23,25). The average Bonchev–Trinajstić information content (AvgIpc) is 3.18. The molecule has 148 valence electrons. The van der Waals surface area contributed by atoms with Crippen LogP contribution in [0.15, 0.2) is 36.4 Å². The first-order valence-electron chi connectivity index (χ1n) is 9.26. The normalized spacial score (nSPS) is 13.1. The minimum atomic E-state index is -0.360. The number of aromatic nitrogens is 1. The number of fused-ring (bicyclic) bond motifs is 2. The quantitative estimate of drug-likeness (QED) is 0.628. The molecule has 2 heterocycles. The van der Waals surface area contributed by atoms with Gasteiger partial charge in [0.05, 0.1) is 28.0 Å². The van der Waals surface area contributed by atoms with Crippen molar-refractivity contribution in [2.75, 3.05) is 18.5 Å². The van der Waals surface area contributed by atoms with Crippen molar-refractivity contribution < 1.29 is 19.1 Å². The molecule has 0 aliphatic carbocycles. The lowest BCUT2D eigenvalue weighted by atomic mass is 10.1. The van der Waals surface area contributed by atoms with Crippen molar-refractivity contribution in [3.05, 3.63) is 53.1 Å². The van der Waals surface area contributed by atoms with Crippen molar-refractivity contribution in [2.45, 2.75) is 20.3 Å². The molecule has 4 rings (SSSR count). The van der Waals surface area contributed by atoms with Crippen LogP contribution in [0.1, 0.15) is 39.6 Å². The molecule has 0 saturated heterocycles. The predicted octanol–water partition coefficient (Wildman–Crippen LogP) is 3.63. The lowest BCUT2D eigenvalue weighted by molar-refractivity contribution is -0.116. The Labute approximate surface area is 171 Å². The van der Waals surface area contributed by atoms with Gasteiger partial charge in [0.15, 0.2) is 5.13 Å². The lowest BCUT2D eigenvalue weighted by Gasteiger charge is -2.12. The van der Waals surface area contributed by atoms with E-state index in [9.17, 15) is 14.4 Å². The first kappa shape index (κ1) is 19.1. The summed E-state index contributed by atoms with van der Waals surface area (Å²) in [6.45, 7) is 4.38. The molecule has 0 spiro atoms. The number of carbonyl (C=O) groups is 3. The van der Waals surface area contributed by atoms with Crippen LogP contribution in [0.3, 0.4) is 0 Å². The largest absolute Gasteiger partial charge is 0.494 e. The Bertz CT molecular complexity index is 1140. The van der Waals surface area contributed by atoms with E-state index in [1.807, 2.05) is 32.0 Å². The number of nitrogens with zero attached hydrogens (tertiary/aromatic N) is 2. The third-order valence-corrected chi connectivity index (χ3v) is 5.54. The van der Waals surface area contributed by atoms with Crippen molar-refractivity contribution in [1.82, 2.24) is 9.88 Å². The summed E-state index contributed by atoms with van der Waals surface area (Å²) in [5.41, 5.74) is 2.46. The number of amides is 3. The van der Waals surface area contributed by atoms with Gasteiger partial charge in [-0.2, -0.15) is 0 Å². The minimum absolute atomic E-state index is 0.00454. The predicted molar refractivity (Wildman–Crippen MR) is 111 cm³/mol. The zero-order valence-electron chi connectivity index (χ0n) is 16.0. The number of carbonyl (C=O) groups excluding carboxylic acids is 3. The van der Waals surface area contributed by atoms with Crippen LogP contribution in [0.2, 0.25) is 0 Å². The zero-order chi connectivity index (χ0) is 20.5. The van der Waals surface area contributed by atoms with Gasteiger partial charge in [-0.15, -0.1) is 0 Å². The molecule has 1 aliphatic rings. The lowest BCUT2D eigenvalue weighted by Crippen LogP contribution is -2.32. The van der Waals surface area contributed by atoms with Crippen molar-refractivity contribution in [3.63, 3.8) is 0 Å². The second-order valence-corrected chi connectivity index (χ2v) is 7.72. The molecular weight excluding hydrogens is 390 g/mol. The van der Waals surface area contributed by atoms with Crippen molar-refractivity contribution in [2.24, 2.45) is 0 Å². The molecular formula is C21H19N3O4S. The first-order chi connectivity index (χ1) is 14.0. The van der Waals surface area contributed by atoms with E-state index in [2.05, 4.69) is 10.3 Å². The molecule has 1 N–H and O–H groups in total. The fraction of sp³-hybridized carbons (Fsp3) is 0.238. The SMILES string of the molecule is CCOc1ccc2nc(NC(=O)CCN3C(=O)c4ccc(C)cc4C3=O)sc2c1. The molecule has 3 aromatic rings. The van der Waals surface area contributed by atoms with E-state index in [1.54, 1.807) is 18.2 Å². The number of rotatable bonds is 6. The van der Waals surface area contributed by atoms with Crippen LogP contribution in [-0.2, 0) is 4.79 Å². The van der Waals surface area contributed by atoms with Crippen LogP contribution in [0, 0.1) is 6.92 Å². The molecule has 0 fully saturated rings. The fourth-order valence-corrected chi connectivity index (χ4v) is 4.13. The van der Waals surface area contributed by atoms with E-state index in [0.717, 1.165) is 26.4 Å². The van der Waals surface area contributed by atoms with Gasteiger partial charge in [-0.3, -0.25) is 19.3 Å². The highest BCUT2D eigenvalue weighted by Gasteiger charge is 2.35. The summed E-state index contributed by atoms with van der Waals surface area (Å²) in [6.07, 6.45) is 0.00454. The van der Waals surface area contributed by atoms with Gasteiger partial charge in [0.2, 0.25) is 5.91 Å². The van der Waals surface area contributed by atoms with Crippen LogP contribution in [0.5, 0.6) is 5.75 Å². The second kappa shape index (κ2) is 7.63. The molecule has 0 atom stereocenters. The third kappa shape index (κ3) is 3.71. The van der Waals surface area contributed by atoms with Crippen molar-refractivity contribution in [1.29, 1.82) is 0 Å². The number of anilines is 1. The number of ether oxygens (including phenoxy) is 1. The molecule has 0 unspecified atom stereocenters. The third-order valence-electron chi connectivity index (χ3n) is 4.61. The van der Waals surface area contributed by atoms with Gasteiger partial charge in [0, 0.05) is 13.0 Å². The fourth-order valence-electron chi connectivity index (χ4n) is 3.22. The van der Waals surface area contributed by atoms with Gasteiger partial charge in [-0.05, 0) is 44.2 Å². The van der Waals surface area contributed by atoms with E-state index >= 15 is 0 Å². The molecule has 0 saturated carbocycles. The number of aryl methyl sites for hydroxylation is 1. The summed E-state index contributed by atoms with van der Waals surface area (Å²) in [7, 11) is 0. The smallest absolute Gasteiger partial charge is 0.261 e. The van der Waals surface area contributed by atoms with E-state index < -0.39 is 0 Å². The summed E-state index contributed by atoms with van der Waals surface area (Å²) < 4.78 is 6.38. The van der Waals surface area contributed by atoms with Crippen LogP contribution >= 0.6 is 11.3 Å². The van der Waals surface area contributed by atoms with Crippen LogP contribution in [-0.4, -0.2) is 40.8 Å². The summed E-state index contributed by atoms with van der Waals surface area (Å²) in [6, 6.07) is 10.7. The summed E-state index contributed by atoms with van der Waals surface area (Å²) in [5, 5.41) is 3.21. The van der Waals surface area contributed by atoms with Gasteiger partial charge < -0.3 is 10.1 Å². The Hall–Kier alpha value is -3.26. The Morgan fingerprint density at radius 1 is 1.14 bits per heavy atom. The maximum Gasteiger partial charge on any atom is 0.261 e. The zero-order valence-corrected chi connectivity index (χ0v) is 16.8. The highest BCUT2D eigenvalue weighted by Crippen LogP contribution is 2.29. The Morgan fingerprint density at radius 3 is 2.72 bits per heavy atom. The number of hydrogen-bond donors (Lipinski definition) is 1. The van der Waals surface area contributed by atoms with Gasteiger partial charge in [0.25, 0.3) is 11.8 Å². The summed E-state index contributed by atoms with van der Waals surface area (Å²) in [4.78, 5) is 42.8. The van der Waals surface area contributed by atoms with Crippen LogP contribution in [0.25, 0.3) is 10.2 Å². The van der Waals surface area contributed by atoms with Gasteiger partial charge in [0.1, 0.15) is 5.75 Å².